The first-order valence-corrected chi connectivity index (χ1v) is 6.84. The Kier molecular flexibility index (Phi) is 3.29. The Bertz CT molecular complexity index is 462. The van der Waals surface area contributed by atoms with Crippen molar-refractivity contribution in [1.29, 1.82) is 0 Å². The summed E-state index contributed by atoms with van der Waals surface area (Å²) in [5, 5.41) is 9.31. The number of likely N-dealkylation sites (N-methyl/N-ethyl adjacent to an activating group) is 1. The fourth-order valence-corrected chi connectivity index (χ4v) is 3.57. The number of hydrogen-bond acceptors (Lipinski definition) is 3. The van der Waals surface area contributed by atoms with Crippen molar-refractivity contribution in [3.05, 3.63) is 35.9 Å². The monoisotopic (exact) mass is 260 g/mol. The van der Waals surface area contributed by atoms with Gasteiger partial charge in [0.05, 0.1) is 5.92 Å². The number of aliphatic carboxylic acids is 1. The summed E-state index contributed by atoms with van der Waals surface area (Å²) < 4.78 is 0. The Morgan fingerprint density at radius 3 is 2.68 bits per heavy atom. The van der Waals surface area contributed by atoms with E-state index < -0.39 is 5.97 Å². The average molecular weight is 260 g/mol. The van der Waals surface area contributed by atoms with Gasteiger partial charge in [-0.1, -0.05) is 30.3 Å². The standard InChI is InChI=1S/C15H20N2O2/c1-16-8-13(15(18)19)12-9-17(10-14(12)16)7-11-5-3-2-4-6-11/h2-6,12-14H,7-10H2,1H3,(H,18,19). The van der Waals surface area contributed by atoms with Crippen LogP contribution in [0.1, 0.15) is 5.56 Å². The van der Waals surface area contributed by atoms with Crippen LogP contribution in [0.2, 0.25) is 0 Å². The van der Waals surface area contributed by atoms with E-state index in [1.54, 1.807) is 0 Å². The van der Waals surface area contributed by atoms with E-state index in [2.05, 4.69) is 34.1 Å². The molecule has 3 atom stereocenters. The second kappa shape index (κ2) is 4.94. The zero-order chi connectivity index (χ0) is 13.4. The largest absolute Gasteiger partial charge is 0.481 e. The van der Waals surface area contributed by atoms with Gasteiger partial charge in [0.2, 0.25) is 0 Å². The highest BCUT2D eigenvalue weighted by molar-refractivity contribution is 5.71. The molecule has 2 aliphatic heterocycles. The van der Waals surface area contributed by atoms with Gasteiger partial charge in [0, 0.05) is 38.1 Å². The van der Waals surface area contributed by atoms with E-state index in [0.29, 0.717) is 12.6 Å². The van der Waals surface area contributed by atoms with Crippen molar-refractivity contribution in [2.75, 3.05) is 26.7 Å². The number of rotatable bonds is 3. The Balaban J connectivity index is 1.68. The number of carbonyl (C=O) groups is 1. The van der Waals surface area contributed by atoms with Crippen LogP contribution in [0.3, 0.4) is 0 Å². The second-order valence-corrected chi connectivity index (χ2v) is 5.80. The van der Waals surface area contributed by atoms with Crippen LogP contribution in [0, 0.1) is 11.8 Å². The van der Waals surface area contributed by atoms with Crippen LogP contribution < -0.4 is 0 Å². The third-order valence-corrected chi connectivity index (χ3v) is 4.54. The van der Waals surface area contributed by atoms with Crippen molar-refractivity contribution in [3.8, 4) is 0 Å². The maximum atomic E-state index is 11.3. The number of likely N-dealkylation sites (tertiary alicyclic amines) is 2. The molecule has 0 amide bonds. The van der Waals surface area contributed by atoms with Crippen molar-refractivity contribution in [1.82, 2.24) is 9.80 Å². The quantitative estimate of drug-likeness (QED) is 0.885. The van der Waals surface area contributed by atoms with E-state index in [-0.39, 0.29) is 11.8 Å². The summed E-state index contributed by atoms with van der Waals surface area (Å²) in [6, 6.07) is 10.8. The molecule has 102 valence electrons. The van der Waals surface area contributed by atoms with Crippen molar-refractivity contribution >= 4 is 5.97 Å². The van der Waals surface area contributed by atoms with Crippen molar-refractivity contribution in [2.24, 2.45) is 11.8 Å². The predicted molar refractivity (Wildman–Crippen MR) is 72.8 cm³/mol. The minimum Gasteiger partial charge on any atom is -0.481 e. The molecule has 1 aromatic carbocycles. The van der Waals surface area contributed by atoms with Crippen molar-refractivity contribution in [3.63, 3.8) is 0 Å². The lowest BCUT2D eigenvalue weighted by molar-refractivity contribution is -0.142. The SMILES string of the molecule is CN1CC(C(=O)O)C2CN(Cc3ccccc3)CC21. The molecule has 4 heteroatoms. The molecule has 1 N–H and O–H groups in total. The molecule has 0 bridgehead atoms. The molecule has 2 heterocycles. The maximum absolute atomic E-state index is 11.3. The van der Waals surface area contributed by atoms with Gasteiger partial charge in [-0.05, 0) is 12.6 Å². The fraction of sp³-hybridized carbons (Fsp3) is 0.533. The molecule has 2 saturated heterocycles. The predicted octanol–water partition coefficient (Wildman–Crippen LogP) is 1.13. The first kappa shape index (κ1) is 12.6. The first-order valence-electron chi connectivity index (χ1n) is 6.84. The molecule has 1 aromatic rings. The molecule has 0 aliphatic carbocycles. The lowest BCUT2D eigenvalue weighted by Crippen LogP contribution is -2.32. The minimum absolute atomic E-state index is 0.198. The first-order chi connectivity index (χ1) is 9.15. The van der Waals surface area contributed by atoms with Crippen LogP contribution in [0.15, 0.2) is 30.3 Å². The Labute approximate surface area is 113 Å². The van der Waals surface area contributed by atoms with Gasteiger partial charge in [0.25, 0.3) is 0 Å². The zero-order valence-corrected chi connectivity index (χ0v) is 11.2. The molecule has 0 spiro atoms. The summed E-state index contributed by atoms with van der Waals surface area (Å²) in [6.45, 7) is 3.51. The molecule has 0 saturated carbocycles. The van der Waals surface area contributed by atoms with E-state index in [9.17, 15) is 9.90 Å². The lowest BCUT2D eigenvalue weighted by atomic mass is 9.93. The van der Waals surface area contributed by atoms with E-state index in [1.807, 2.05) is 13.1 Å². The Hall–Kier alpha value is -1.39. The summed E-state index contributed by atoms with van der Waals surface area (Å²) in [6.07, 6.45) is 0. The van der Waals surface area contributed by atoms with Gasteiger partial charge in [-0.3, -0.25) is 9.69 Å². The summed E-state index contributed by atoms with van der Waals surface area (Å²) in [5.41, 5.74) is 1.30. The third-order valence-electron chi connectivity index (χ3n) is 4.54. The smallest absolute Gasteiger partial charge is 0.308 e. The van der Waals surface area contributed by atoms with Gasteiger partial charge in [-0.25, -0.2) is 0 Å². The van der Waals surface area contributed by atoms with Crippen LogP contribution in [0.25, 0.3) is 0 Å². The van der Waals surface area contributed by atoms with E-state index >= 15 is 0 Å². The topological polar surface area (TPSA) is 43.8 Å². The third kappa shape index (κ3) is 2.38. The van der Waals surface area contributed by atoms with Crippen LogP contribution in [-0.4, -0.2) is 53.6 Å². The summed E-state index contributed by atoms with van der Waals surface area (Å²) in [4.78, 5) is 15.9. The van der Waals surface area contributed by atoms with Crippen molar-refractivity contribution < 1.29 is 9.90 Å². The molecule has 19 heavy (non-hydrogen) atoms. The number of benzene rings is 1. The van der Waals surface area contributed by atoms with Gasteiger partial charge < -0.3 is 10.0 Å². The average Bonchev–Trinajstić information content (AvgIpc) is 2.91. The molecule has 0 radical (unpaired) electrons. The second-order valence-electron chi connectivity index (χ2n) is 5.80. The van der Waals surface area contributed by atoms with E-state index in [1.165, 1.54) is 5.56 Å². The highest BCUT2D eigenvalue weighted by atomic mass is 16.4. The minimum atomic E-state index is -0.638. The van der Waals surface area contributed by atoms with Gasteiger partial charge in [0.15, 0.2) is 0 Å². The highest BCUT2D eigenvalue weighted by Crippen LogP contribution is 2.35. The van der Waals surface area contributed by atoms with E-state index in [4.69, 9.17) is 0 Å². The Morgan fingerprint density at radius 2 is 2.00 bits per heavy atom. The number of fused-ring (bicyclic) bond motifs is 1. The fourth-order valence-electron chi connectivity index (χ4n) is 3.57. The van der Waals surface area contributed by atoms with Gasteiger partial charge in [-0.15, -0.1) is 0 Å². The van der Waals surface area contributed by atoms with Crippen LogP contribution in [0.4, 0.5) is 0 Å². The molecule has 0 aromatic heterocycles. The lowest BCUT2D eigenvalue weighted by Gasteiger charge is -2.21. The molecule has 3 unspecified atom stereocenters. The number of carboxylic acids is 1. The zero-order valence-electron chi connectivity index (χ0n) is 11.2. The van der Waals surface area contributed by atoms with Crippen LogP contribution >= 0.6 is 0 Å². The summed E-state index contributed by atoms with van der Waals surface area (Å²) in [7, 11) is 2.05. The number of carboxylic acid groups (broad SMARTS) is 1. The molecule has 2 fully saturated rings. The maximum Gasteiger partial charge on any atom is 0.308 e. The summed E-state index contributed by atoms with van der Waals surface area (Å²) >= 11 is 0. The van der Waals surface area contributed by atoms with Gasteiger partial charge in [-0.2, -0.15) is 0 Å². The molecular weight excluding hydrogens is 240 g/mol. The molecular formula is C15H20N2O2. The Morgan fingerprint density at radius 1 is 1.26 bits per heavy atom. The number of nitrogens with zero attached hydrogens (tertiary/aromatic N) is 2. The normalized spacial score (nSPS) is 31.5. The molecule has 2 aliphatic rings. The van der Waals surface area contributed by atoms with Crippen LogP contribution in [0.5, 0.6) is 0 Å². The number of hydrogen-bond donors (Lipinski definition) is 1. The molecule has 4 nitrogen and oxygen atoms in total. The van der Waals surface area contributed by atoms with Gasteiger partial charge in [0.1, 0.15) is 0 Å². The van der Waals surface area contributed by atoms with Gasteiger partial charge >= 0.3 is 5.97 Å². The van der Waals surface area contributed by atoms with Crippen molar-refractivity contribution in [2.45, 2.75) is 12.6 Å². The molecule has 3 rings (SSSR count). The van der Waals surface area contributed by atoms with E-state index in [0.717, 1.165) is 19.6 Å². The summed E-state index contributed by atoms with van der Waals surface area (Å²) in [5.74, 6) is -0.553. The van der Waals surface area contributed by atoms with Crippen LogP contribution in [-0.2, 0) is 11.3 Å². The highest BCUT2D eigenvalue weighted by Gasteiger charge is 2.48.